The zero-order valence-corrected chi connectivity index (χ0v) is 15.2. The number of aromatic nitrogens is 2. The highest BCUT2D eigenvalue weighted by Gasteiger charge is 2.46. The van der Waals surface area contributed by atoms with Gasteiger partial charge in [0.05, 0.1) is 32.6 Å². The van der Waals surface area contributed by atoms with Gasteiger partial charge in [0.15, 0.2) is 0 Å². The van der Waals surface area contributed by atoms with Crippen LogP contribution >= 0.6 is 0 Å². The van der Waals surface area contributed by atoms with Crippen LogP contribution in [0.25, 0.3) is 0 Å². The standard InChI is InChI=1S/C19H28N4O2/c1-16-10-23(11-17-4-3-8-25-17)14-19(16)13-22(7-9-24-15-19)12-18-20-5-6-21(18)2/h3-6,8,16H,7,9-15H2,1-2H3/t16-,19-/m0/s1. The summed E-state index contributed by atoms with van der Waals surface area (Å²) in [7, 11) is 2.07. The van der Waals surface area contributed by atoms with E-state index in [1.807, 2.05) is 18.5 Å². The quantitative estimate of drug-likeness (QED) is 0.849. The van der Waals surface area contributed by atoms with E-state index in [1.54, 1.807) is 6.26 Å². The van der Waals surface area contributed by atoms with Crippen LogP contribution in [0.5, 0.6) is 0 Å². The number of aryl methyl sites for hydroxylation is 1. The first kappa shape index (κ1) is 16.8. The van der Waals surface area contributed by atoms with Crippen molar-refractivity contribution in [2.75, 3.05) is 39.4 Å². The zero-order chi connectivity index (χ0) is 17.3. The number of rotatable bonds is 4. The summed E-state index contributed by atoms with van der Waals surface area (Å²) >= 11 is 0. The van der Waals surface area contributed by atoms with Crippen molar-refractivity contribution in [3.8, 4) is 0 Å². The summed E-state index contributed by atoms with van der Waals surface area (Å²) in [6, 6.07) is 4.03. The van der Waals surface area contributed by atoms with Crippen molar-refractivity contribution in [3.05, 3.63) is 42.4 Å². The fourth-order valence-corrected chi connectivity index (χ4v) is 4.31. The highest BCUT2D eigenvalue weighted by Crippen LogP contribution is 2.39. The Morgan fingerprint density at radius 2 is 2.16 bits per heavy atom. The number of furan rings is 1. The van der Waals surface area contributed by atoms with E-state index in [9.17, 15) is 0 Å². The molecule has 2 aliphatic rings. The SMILES string of the molecule is C[C@H]1CN(Cc2ccco2)C[C@@]12COCCN(Cc1nccn1C)C2. The third kappa shape index (κ3) is 3.52. The molecule has 0 N–H and O–H groups in total. The summed E-state index contributed by atoms with van der Waals surface area (Å²) in [5.41, 5.74) is 0.189. The van der Waals surface area contributed by atoms with Gasteiger partial charge < -0.3 is 13.7 Å². The molecule has 0 aliphatic carbocycles. The number of nitrogens with zero attached hydrogens (tertiary/aromatic N) is 4. The summed E-state index contributed by atoms with van der Waals surface area (Å²) in [5, 5.41) is 0. The minimum absolute atomic E-state index is 0.189. The Labute approximate surface area is 149 Å². The molecule has 2 atom stereocenters. The normalized spacial score (nSPS) is 28.6. The fourth-order valence-electron chi connectivity index (χ4n) is 4.31. The molecule has 2 aromatic rings. The van der Waals surface area contributed by atoms with E-state index < -0.39 is 0 Å². The molecule has 0 bridgehead atoms. The average molecular weight is 344 g/mol. The van der Waals surface area contributed by atoms with Crippen LogP contribution in [0.15, 0.2) is 35.2 Å². The van der Waals surface area contributed by atoms with Gasteiger partial charge in [-0.2, -0.15) is 0 Å². The Hall–Kier alpha value is -1.63. The first-order valence-corrected chi connectivity index (χ1v) is 9.16. The molecular weight excluding hydrogens is 316 g/mol. The Kier molecular flexibility index (Phi) is 4.67. The molecule has 2 saturated heterocycles. The molecule has 2 aromatic heterocycles. The predicted molar refractivity (Wildman–Crippen MR) is 94.9 cm³/mol. The zero-order valence-electron chi connectivity index (χ0n) is 15.2. The van der Waals surface area contributed by atoms with Crippen molar-refractivity contribution in [2.45, 2.75) is 20.0 Å². The maximum absolute atomic E-state index is 6.05. The maximum atomic E-state index is 6.05. The van der Waals surface area contributed by atoms with Gasteiger partial charge >= 0.3 is 0 Å². The van der Waals surface area contributed by atoms with Crippen LogP contribution in [0.3, 0.4) is 0 Å². The average Bonchev–Trinajstić information content (AvgIpc) is 3.25. The van der Waals surface area contributed by atoms with E-state index >= 15 is 0 Å². The molecule has 25 heavy (non-hydrogen) atoms. The molecule has 6 heteroatoms. The summed E-state index contributed by atoms with van der Waals surface area (Å²) in [6.07, 6.45) is 5.65. The lowest BCUT2D eigenvalue weighted by molar-refractivity contribution is 0.0495. The van der Waals surface area contributed by atoms with Crippen LogP contribution < -0.4 is 0 Å². The van der Waals surface area contributed by atoms with Crippen molar-refractivity contribution in [3.63, 3.8) is 0 Å². The van der Waals surface area contributed by atoms with Crippen LogP contribution in [0.4, 0.5) is 0 Å². The number of imidazole rings is 1. The van der Waals surface area contributed by atoms with Gasteiger partial charge in [-0.05, 0) is 18.1 Å². The van der Waals surface area contributed by atoms with Crippen molar-refractivity contribution in [1.29, 1.82) is 0 Å². The predicted octanol–water partition coefficient (Wildman–Crippen LogP) is 1.98. The molecule has 2 fully saturated rings. The summed E-state index contributed by atoms with van der Waals surface area (Å²) in [6.45, 7) is 9.99. The van der Waals surface area contributed by atoms with Crippen LogP contribution in [0.1, 0.15) is 18.5 Å². The van der Waals surface area contributed by atoms with Gasteiger partial charge in [0.1, 0.15) is 11.6 Å². The molecule has 0 amide bonds. The van der Waals surface area contributed by atoms with Gasteiger partial charge in [-0.15, -0.1) is 0 Å². The molecule has 136 valence electrons. The molecule has 4 rings (SSSR count). The highest BCUT2D eigenvalue weighted by atomic mass is 16.5. The summed E-state index contributed by atoms with van der Waals surface area (Å²) in [5.74, 6) is 2.77. The van der Waals surface area contributed by atoms with Gasteiger partial charge in [-0.1, -0.05) is 6.92 Å². The lowest BCUT2D eigenvalue weighted by Crippen LogP contribution is -2.43. The van der Waals surface area contributed by atoms with E-state index in [0.29, 0.717) is 5.92 Å². The van der Waals surface area contributed by atoms with E-state index in [0.717, 1.165) is 64.1 Å². The molecule has 0 unspecified atom stereocenters. The van der Waals surface area contributed by atoms with Crippen LogP contribution in [0.2, 0.25) is 0 Å². The third-order valence-corrected chi connectivity index (χ3v) is 5.84. The summed E-state index contributed by atoms with van der Waals surface area (Å²) < 4.78 is 13.7. The van der Waals surface area contributed by atoms with E-state index in [1.165, 1.54) is 0 Å². The molecule has 4 heterocycles. The Bertz CT molecular complexity index is 683. The van der Waals surface area contributed by atoms with Gasteiger partial charge in [0.25, 0.3) is 0 Å². The van der Waals surface area contributed by atoms with E-state index in [4.69, 9.17) is 9.15 Å². The van der Waals surface area contributed by atoms with E-state index in [-0.39, 0.29) is 5.41 Å². The first-order valence-electron chi connectivity index (χ1n) is 9.16. The Balaban J connectivity index is 1.46. The molecule has 6 nitrogen and oxygen atoms in total. The van der Waals surface area contributed by atoms with Crippen LogP contribution in [0, 0.1) is 11.3 Å². The molecular formula is C19H28N4O2. The lowest BCUT2D eigenvalue weighted by Gasteiger charge is -2.35. The van der Waals surface area contributed by atoms with Crippen molar-refractivity contribution in [2.24, 2.45) is 18.4 Å². The molecule has 2 aliphatic heterocycles. The Morgan fingerprint density at radius 3 is 2.92 bits per heavy atom. The highest BCUT2D eigenvalue weighted by molar-refractivity contribution is 5.03. The van der Waals surface area contributed by atoms with Crippen molar-refractivity contribution < 1.29 is 9.15 Å². The minimum atomic E-state index is 0.189. The van der Waals surface area contributed by atoms with Gasteiger partial charge in [0.2, 0.25) is 0 Å². The van der Waals surface area contributed by atoms with Gasteiger partial charge in [-0.25, -0.2) is 4.98 Å². The monoisotopic (exact) mass is 344 g/mol. The smallest absolute Gasteiger partial charge is 0.122 e. The molecule has 0 aromatic carbocycles. The second-order valence-electron chi connectivity index (χ2n) is 7.73. The van der Waals surface area contributed by atoms with E-state index in [2.05, 4.69) is 39.4 Å². The second-order valence-corrected chi connectivity index (χ2v) is 7.73. The number of likely N-dealkylation sites (tertiary alicyclic amines) is 1. The largest absolute Gasteiger partial charge is 0.468 e. The number of ether oxygens (including phenoxy) is 1. The Morgan fingerprint density at radius 1 is 1.28 bits per heavy atom. The topological polar surface area (TPSA) is 46.7 Å². The first-order chi connectivity index (χ1) is 12.1. The van der Waals surface area contributed by atoms with Gasteiger partial charge in [0, 0.05) is 51.0 Å². The minimum Gasteiger partial charge on any atom is -0.468 e. The van der Waals surface area contributed by atoms with Gasteiger partial charge in [-0.3, -0.25) is 9.80 Å². The second kappa shape index (κ2) is 6.94. The van der Waals surface area contributed by atoms with Crippen LogP contribution in [-0.4, -0.2) is 58.7 Å². The third-order valence-electron chi connectivity index (χ3n) is 5.84. The maximum Gasteiger partial charge on any atom is 0.122 e. The summed E-state index contributed by atoms with van der Waals surface area (Å²) in [4.78, 5) is 9.52. The van der Waals surface area contributed by atoms with Crippen molar-refractivity contribution >= 4 is 0 Å². The number of hydrogen-bond donors (Lipinski definition) is 0. The van der Waals surface area contributed by atoms with Crippen LogP contribution in [-0.2, 0) is 24.9 Å². The molecule has 0 radical (unpaired) electrons. The lowest BCUT2D eigenvalue weighted by atomic mass is 9.79. The molecule has 0 saturated carbocycles. The fraction of sp³-hybridized carbons (Fsp3) is 0.632. The molecule has 1 spiro atoms. The number of hydrogen-bond acceptors (Lipinski definition) is 5. The van der Waals surface area contributed by atoms with Crippen molar-refractivity contribution in [1.82, 2.24) is 19.4 Å².